The van der Waals surface area contributed by atoms with Gasteiger partial charge in [0.1, 0.15) is 11.8 Å². The van der Waals surface area contributed by atoms with Gasteiger partial charge in [-0.25, -0.2) is 9.89 Å². The minimum absolute atomic E-state index is 0.127. The predicted molar refractivity (Wildman–Crippen MR) is 81.2 cm³/mol. The number of H-pyrrole nitrogens is 1. The van der Waals surface area contributed by atoms with Crippen LogP contribution in [0.15, 0.2) is 21.3 Å². The fraction of sp³-hybridized carbons (Fsp3) is 0.562. The average Bonchev–Trinajstić information content (AvgIpc) is 3.02. The summed E-state index contributed by atoms with van der Waals surface area (Å²) in [5.74, 6) is 3.19. The molecule has 2 aromatic rings. The van der Waals surface area contributed by atoms with E-state index in [2.05, 4.69) is 15.1 Å². The van der Waals surface area contributed by atoms with Crippen LogP contribution in [-0.2, 0) is 13.6 Å². The van der Waals surface area contributed by atoms with Gasteiger partial charge in [0.25, 0.3) is 0 Å². The zero-order valence-electron chi connectivity index (χ0n) is 13.0. The summed E-state index contributed by atoms with van der Waals surface area (Å²) in [6, 6.07) is 5.69. The quantitative estimate of drug-likeness (QED) is 0.924. The zero-order chi connectivity index (χ0) is 16.0. The number of rotatable bonds is 4. The Balaban J connectivity index is 1.63. The number of furan rings is 1. The highest BCUT2D eigenvalue weighted by Crippen LogP contribution is 2.50. The molecule has 0 radical (unpaired) electrons. The minimum Gasteiger partial charge on any atom is -0.449 e. The smallest absolute Gasteiger partial charge is 0.343 e. The Morgan fingerprint density at radius 3 is 2.87 bits per heavy atom. The highest BCUT2D eigenvalue weighted by Gasteiger charge is 2.45. The van der Waals surface area contributed by atoms with E-state index in [1.165, 1.54) is 12.8 Å². The van der Waals surface area contributed by atoms with Crippen LogP contribution in [0.2, 0.25) is 0 Å². The van der Waals surface area contributed by atoms with Crippen molar-refractivity contribution in [3.8, 4) is 6.07 Å². The normalized spacial score (nSPS) is 24.9. The van der Waals surface area contributed by atoms with Gasteiger partial charge in [-0.2, -0.15) is 10.4 Å². The van der Waals surface area contributed by atoms with Gasteiger partial charge in [-0.3, -0.25) is 9.47 Å². The number of aromatic nitrogens is 3. The molecule has 1 saturated carbocycles. The van der Waals surface area contributed by atoms with Crippen molar-refractivity contribution in [2.45, 2.75) is 31.8 Å². The number of likely N-dealkylation sites (tertiary alicyclic amines) is 1. The summed E-state index contributed by atoms with van der Waals surface area (Å²) in [6.45, 7) is 1.59. The summed E-state index contributed by atoms with van der Waals surface area (Å²) >= 11 is 0. The molecule has 0 spiro atoms. The Kier molecular flexibility index (Phi) is 3.34. The van der Waals surface area contributed by atoms with Crippen LogP contribution >= 0.6 is 0 Å². The molecule has 0 aromatic carbocycles. The molecule has 1 aliphatic heterocycles. The maximum Gasteiger partial charge on any atom is 0.343 e. The lowest BCUT2D eigenvalue weighted by molar-refractivity contribution is 0.183. The molecule has 23 heavy (non-hydrogen) atoms. The van der Waals surface area contributed by atoms with E-state index in [0.717, 1.165) is 30.5 Å². The first-order valence-electron chi connectivity index (χ1n) is 8.01. The van der Waals surface area contributed by atoms with E-state index in [0.29, 0.717) is 18.2 Å². The van der Waals surface area contributed by atoms with Crippen LogP contribution in [0, 0.1) is 23.2 Å². The second kappa shape index (κ2) is 5.39. The summed E-state index contributed by atoms with van der Waals surface area (Å²) in [5.41, 5.74) is -0.175. The molecule has 7 nitrogen and oxygen atoms in total. The number of nitriles is 1. The molecule has 2 unspecified atom stereocenters. The van der Waals surface area contributed by atoms with E-state index in [4.69, 9.17) is 9.68 Å². The molecular formula is C16H19N5O2. The van der Waals surface area contributed by atoms with E-state index in [-0.39, 0.29) is 11.7 Å². The van der Waals surface area contributed by atoms with Crippen LogP contribution in [-0.4, -0.2) is 26.2 Å². The van der Waals surface area contributed by atoms with Crippen molar-refractivity contribution >= 4 is 0 Å². The van der Waals surface area contributed by atoms with Crippen molar-refractivity contribution in [1.82, 2.24) is 19.7 Å². The molecule has 2 fully saturated rings. The summed E-state index contributed by atoms with van der Waals surface area (Å²) < 4.78 is 7.14. The van der Waals surface area contributed by atoms with Gasteiger partial charge >= 0.3 is 5.69 Å². The Hall–Kier alpha value is -2.33. The lowest BCUT2D eigenvalue weighted by Gasteiger charge is -2.26. The SMILES string of the molecule is Cn1c(C2C(C3CC3)CCN2Cc2ccc(C#N)o2)n[nH]c1=O. The Bertz CT molecular complexity index is 807. The molecule has 120 valence electrons. The number of aromatic amines is 1. The van der Waals surface area contributed by atoms with Crippen LogP contribution < -0.4 is 5.69 Å². The summed E-state index contributed by atoms with van der Waals surface area (Å²) in [6.07, 6.45) is 3.65. The van der Waals surface area contributed by atoms with Gasteiger partial charge < -0.3 is 4.42 Å². The Labute approximate surface area is 133 Å². The number of nitrogens with zero attached hydrogens (tertiary/aromatic N) is 4. The average molecular weight is 313 g/mol. The van der Waals surface area contributed by atoms with Gasteiger partial charge in [-0.1, -0.05) is 0 Å². The van der Waals surface area contributed by atoms with Crippen molar-refractivity contribution in [1.29, 1.82) is 5.26 Å². The Morgan fingerprint density at radius 1 is 1.43 bits per heavy atom. The third-order valence-electron chi connectivity index (χ3n) is 5.09. The lowest BCUT2D eigenvalue weighted by Crippen LogP contribution is -2.29. The largest absolute Gasteiger partial charge is 0.449 e. The molecule has 1 saturated heterocycles. The maximum atomic E-state index is 11.8. The zero-order valence-corrected chi connectivity index (χ0v) is 13.0. The molecule has 1 N–H and O–H groups in total. The second-order valence-electron chi connectivity index (χ2n) is 6.53. The molecule has 7 heteroatoms. The molecule has 2 aromatic heterocycles. The fourth-order valence-corrected chi connectivity index (χ4v) is 3.78. The van der Waals surface area contributed by atoms with Gasteiger partial charge in [-0.05, 0) is 49.8 Å². The lowest BCUT2D eigenvalue weighted by atomic mass is 9.94. The molecule has 0 amide bonds. The van der Waals surface area contributed by atoms with Gasteiger partial charge in [0, 0.05) is 7.05 Å². The van der Waals surface area contributed by atoms with E-state index in [1.54, 1.807) is 17.7 Å². The standard InChI is InChI=1S/C16H19N5O2/c1-20-15(18-19-16(20)22)14-13(10-2-3-10)6-7-21(14)9-12-5-4-11(8-17)23-12/h4-5,10,13-14H,2-3,6-7,9H2,1H3,(H,19,22). The highest BCUT2D eigenvalue weighted by atomic mass is 16.3. The van der Waals surface area contributed by atoms with E-state index >= 15 is 0 Å². The highest BCUT2D eigenvalue weighted by molar-refractivity contribution is 5.19. The van der Waals surface area contributed by atoms with Gasteiger partial charge in [0.2, 0.25) is 5.76 Å². The van der Waals surface area contributed by atoms with E-state index < -0.39 is 0 Å². The van der Waals surface area contributed by atoms with Crippen molar-refractivity contribution < 1.29 is 4.42 Å². The van der Waals surface area contributed by atoms with Crippen LogP contribution in [0.5, 0.6) is 0 Å². The number of nitrogens with one attached hydrogen (secondary N) is 1. The molecule has 4 rings (SSSR count). The first-order valence-corrected chi connectivity index (χ1v) is 8.01. The first-order chi connectivity index (χ1) is 11.2. The van der Waals surface area contributed by atoms with Gasteiger partial charge in [0.05, 0.1) is 12.6 Å². The van der Waals surface area contributed by atoms with Crippen LogP contribution in [0.3, 0.4) is 0 Å². The van der Waals surface area contributed by atoms with E-state index in [1.807, 2.05) is 12.1 Å². The molecule has 2 aliphatic rings. The molecule has 2 atom stereocenters. The maximum absolute atomic E-state index is 11.8. The number of hydrogen-bond acceptors (Lipinski definition) is 5. The first kappa shape index (κ1) is 14.3. The monoisotopic (exact) mass is 313 g/mol. The van der Waals surface area contributed by atoms with Gasteiger partial charge in [0.15, 0.2) is 5.82 Å². The second-order valence-corrected chi connectivity index (χ2v) is 6.53. The van der Waals surface area contributed by atoms with Gasteiger partial charge in [-0.15, -0.1) is 0 Å². The van der Waals surface area contributed by atoms with Crippen LogP contribution in [0.25, 0.3) is 0 Å². The van der Waals surface area contributed by atoms with Crippen molar-refractivity contribution in [3.05, 3.63) is 40.0 Å². The molecule has 1 aliphatic carbocycles. The van der Waals surface area contributed by atoms with Crippen molar-refractivity contribution in [3.63, 3.8) is 0 Å². The third-order valence-corrected chi connectivity index (χ3v) is 5.09. The third kappa shape index (κ3) is 2.49. The molecule has 0 bridgehead atoms. The Morgan fingerprint density at radius 2 is 2.26 bits per heavy atom. The van der Waals surface area contributed by atoms with Crippen molar-refractivity contribution in [2.24, 2.45) is 18.9 Å². The topological polar surface area (TPSA) is 90.8 Å². The predicted octanol–water partition coefficient (Wildman–Crippen LogP) is 1.55. The molecule has 3 heterocycles. The fourth-order valence-electron chi connectivity index (χ4n) is 3.78. The summed E-state index contributed by atoms with van der Waals surface area (Å²) in [4.78, 5) is 14.1. The van der Waals surface area contributed by atoms with Crippen LogP contribution in [0.4, 0.5) is 0 Å². The van der Waals surface area contributed by atoms with E-state index in [9.17, 15) is 4.79 Å². The summed E-state index contributed by atoms with van der Waals surface area (Å²) in [7, 11) is 1.77. The summed E-state index contributed by atoms with van der Waals surface area (Å²) in [5, 5.41) is 15.7. The van der Waals surface area contributed by atoms with Crippen molar-refractivity contribution in [2.75, 3.05) is 6.54 Å². The minimum atomic E-state index is -0.175. The number of hydrogen-bond donors (Lipinski definition) is 1. The van der Waals surface area contributed by atoms with Crippen LogP contribution in [0.1, 0.15) is 42.6 Å². The molecular weight excluding hydrogens is 294 g/mol.